The Bertz CT molecular complexity index is 1150. The van der Waals surface area contributed by atoms with Gasteiger partial charge in [0.15, 0.2) is 11.7 Å². The number of hydrogen-bond donors (Lipinski definition) is 3. The van der Waals surface area contributed by atoms with Gasteiger partial charge in [0.2, 0.25) is 10.0 Å². The minimum absolute atomic E-state index is 0.0661. The van der Waals surface area contributed by atoms with Gasteiger partial charge in [0.05, 0.1) is 4.90 Å². The van der Waals surface area contributed by atoms with Crippen molar-refractivity contribution >= 4 is 16.0 Å². The fourth-order valence-electron chi connectivity index (χ4n) is 2.49. The van der Waals surface area contributed by atoms with Gasteiger partial charge in [0.1, 0.15) is 5.69 Å². The zero-order chi connectivity index (χ0) is 23.9. The predicted molar refractivity (Wildman–Crippen MR) is 110 cm³/mol. The second-order valence-corrected chi connectivity index (χ2v) is 7.94. The van der Waals surface area contributed by atoms with E-state index in [1.54, 1.807) is 12.1 Å². The van der Waals surface area contributed by atoms with E-state index in [1.165, 1.54) is 12.1 Å². The van der Waals surface area contributed by atoms with Gasteiger partial charge < -0.3 is 14.8 Å². The molecule has 4 N–H and O–H groups in total. The van der Waals surface area contributed by atoms with Crippen LogP contribution in [0.25, 0.3) is 22.6 Å². The molecule has 3 rings (SSSR count). The molecule has 0 aliphatic carbocycles. The Morgan fingerprint density at radius 1 is 1.09 bits per heavy atom. The molecule has 0 saturated carbocycles. The van der Waals surface area contributed by atoms with Gasteiger partial charge in [-0.25, -0.2) is 23.3 Å². The average Bonchev–Trinajstić information content (AvgIpc) is 3.16. The number of likely N-dealkylation sites (N-methyl/N-ethyl adjacent to an activating group) is 1. The first kappa shape index (κ1) is 25.0. The molecule has 2 aromatic carbocycles. The third kappa shape index (κ3) is 6.90. The highest BCUT2D eigenvalue weighted by Gasteiger charge is 2.38. The molecular formula is C20H20F3N3O5S. The van der Waals surface area contributed by atoms with Crippen LogP contribution in [-0.4, -0.2) is 44.2 Å². The SMILES string of the molecule is CNCCc1nc(-c2ccc(S(N)(=O)=O)cc2)c(-c2ccccc2)o1.O=C(O)C(F)(F)F. The van der Waals surface area contributed by atoms with Gasteiger partial charge in [-0.3, -0.25) is 0 Å². The largest absolute Gasteiger partial charge is 0.490 e. The molecule has 1 heterocycles. The second kappa shape index (κ2) is 10.4. The Morgan fingerprint density at radius 3 is 2.12 bits per heavy atom. The number of carbonyl (C=O) groups is 1. The second-order valence-electron chi connectivity index (χ2n) is 6.38. The van der Waals surface area contributed by atoms with Gasteiger partial charge in [-0.2, -0.15) is 13.2 Å². The lowest BCUT2D eigenvalue weighted by atomic mass is 10.1. The Hall–Kier alpha value is -3.22. The molecule has 0 spiro atoms. The summed E-state index contributed by atoms with van der Waals surface area (Å²) >= 11 is 0. The molecule has 0 aliphatic rings. The number of carboxylic acid groups (broad SMARTS) is 1. The molecule has 0 atom stereocenters. The summed E-state index contributed by atoms with van der Waals surface area (Å²) in [6.07, 6.45) is -4.43. The summed E-state index contributed by atoms with van der Waals surface area (Å²) in [7, 11) is -1.85. The summed E-state index contributed by atoms with van der Waals surface area (Å²) in [6.45, 7) is 0.749. The van der Waals surface area contributed by atoms with Crippen LogP contribution in [-0.2, 0) is 21.2 Å². The van der Waals surface area contributed by atoms with E-state index >= 15 is 0 Å². The van der Waals surface area contributed by atoms with Crippen LogP contribution < -0.4 is 10.5 Å². The number of oxazole rings is 1. The van der Waals surface area contributed by atoms with Gasteiger partial charge in [-0.1, -0.05) is 42.5 Å². The van der Waals surface area contributed by atoms with Crippen molar-refractivity contribution in [3.8, 4) is 22.6 Å². The van der Waals surface area contributed by atoms with E-state index in [1.807, 2.05) is 37.4 Å². The van der Waals surface area contributed by atoms with Crippen molar-refractivity contribution in [1.82, 2.24) is 10.3 Å². The van der Waals surface area contributed by atoms with E-state index < -0.39 is 22.2 Å². The molecule has 32 heavy (non-hydrogen) atoms. The van der Waals surface area contributed by atoms with Gasteiger partial charge in [-0.05, 0) is 19.2 Å². The van der Waals surface area contributed by atoms with E-state index in [0.717, 1.165) is 17.7 Å². The van der Waals surface area contributed by atoms with Crippen LogP contribution in [0, 0.1) is 0 Å². The molecule has 0 bridgehead atoms. The van der Waals surface area contributed by atoms with Crippen LogP contribution in [0.4, 0.5) is 13.2 Å². The number of benzene rings is 2. The Kier molecular flexibility index (Phi) is 8.14. The van der Waals surface area contributed by atoms with E-state index in [-0.39, 0.29) is 4.90 Å². The van der Waals surface area contributed by atoms with E-state index in [0.29, 0.717) is 23.8 Å². The number of aliphatic carboxylic acids is 1. The maximum Gasteiger partial charge on any atom is 0.490 e. The van der Waals surface area contributed by atoms with Gasteiger partial charge in [0.25, 0.3) is 0 Å². The number of aromatic nitrogens is 1. The Labute approximate surface area is 181 Å². The van der Waals surface area contributed by atoms with Crippen LogP contribution in [0.5, 0.6) is 0 Å². The van der Waals surface area contributed by atoms with Crippen LogP contribution >= 0.6 is 0 Å². The zero-order valence-corrected chi connectivity index (χ0v) is 17.6. The minimum Gasteiger partial charge on any atom is -0.475 e. The van der Waals surface area contributed by atoms with E-state index in [4.69, 9.17) is 19.5 Å². The molecule has 0 fully saturated rings. The normalized spacial score (nSPS) is 11.5. The standard InChI is InChI=1S/C18H19N3O3S.C2HF3O2/c1-20-12-11-16-21-17(18(24-16)14-5-3-2-4-6-14)13-7-9-15(10-8-13)25(19,22)23;3-2(4,5)1(6)7/h2-10,20H,11-12H2,1H3,(H2,19,22,23);(H,6,7). The first-order chi connectivity index (χ1) is 14.9. The molecule has 0 unspecified atom stereocenters. The lowest BCUT2D eigenvalue weighted by Gasteiger charge is -2.03. The molecule has 172 valence electrons. The average molecular weight is 471 g/mol. The minimum atomic E-state index is -5.08. The van der Waals surface area contributed by atoms with Gasteiger partial charge >= 0.3 is 12.1 Å². The molecule has 0 radical (unpaired) electrons. The number of hydrogen-bond acceptors (Lipinski definition) is 6. The van der Waals surface area contributed by atoms with Crippen LogP contribution in [0.2, 0.25) is 0 Å². The number of sulfonamides is 1. The van der Waals surface area contributed by atoms with Crippen molar-refractivity contribution in [1.29, 1.82) is 0 Å². The monoisotopic (exact) mass is 471 g/mol. The molecular weight excluding hydrogens is 451 g/mol. The number of rotatable bonds is 6. The van der Waals surface area contributed by atoms with Crippen LogP contribution in [0.1, 0.15) is 5.89 Å². The van der Waals surface area contributed by atoms with Crippen molar-refractivity contribution in [2.45, 2.75) is 17.5 Å². The Balaban J connectivity index is 0.000000451. The van der Waals surface area contributed by atoms with Crippen molar-refractivity contribution in [2.24, 2.45) is 5.14 Å². The molecule has 8 nitrogen and oxygen atoms in total. The maximum atomic E-state index is 11.4. The topological polar surface area (TPSA) is 136 Å². The van der Waals surface area contributed by atoms with Crippen molar-refractivity contribution < 1.29 is 35.9 Å². The molecule has 0 aliphatic heterocycles. The highest BCUT2D eigenvalue weighted by atomic mass is 32.2. The van der Waals surface area contributed by atoms with Crippen molar-refractivity contribution in [3.63, 3.8) is 0 Å². The van der Waals surface area contributed by atoms with Crippen LogP contribution in [0.15, 0.2) is 63.9 Å². The quantitative estimate of drug-likeness (QED) is 0.503. The lowest BCUT2D eigenvalue weighted by Crippen LogP contribution is -2.21. The number of alkyl halides is 3. The maximum absolute atomic E-state index is 11.4. The van der Waals surface area contributed by atoms with E-state index in [9.17, 15) is 21.6 Å². The van der Waals surface area contributed by atoms with Crippen LogP contribution in [0.3, 0.4) is 0 Å². The highest BCUT2D eigenvalue weighted by Crippen LogP contribution is 2.33. The summed E-state index contributed by atoms with van der Waals surface area (Å²) in [5.41, 5.74) is 2.36. The number of primary sulfonamides is 1. The third-order valence-electron chi connectivity index (χ3n) is 4.00. The lowest BCUT2D eigenvalue weighted by molar-refractivity contribution is -0.192. The zero-order valence-electron chi connectivity index (χ0n) is 16.8. The Morgan fingerprint density at radius 2 is 1.66 bits per heavy atom. The number of halogens is 3. The number of nitrogens with two attached hydrogens (primary N) is 1. The fourth-order valence-corrected chi connectivity index (χ4v) is 3.00. The highest BCUT2D eigenvalue weighted by molar-refractivity contribution is 7.89. The molecule has 1 aromatic heterocycles. The van der Waals surface area contributed by atoms with E-state index in [2.05, 4.69) is 10.3 Å². The summed E-state index contributed by atoms with van der Waals surface area (Å²) in [6, 6.07) is 16.0. The first-order valence-corrected chi connectivity index (χ1v) is 10.6. The van der Waals surface area contributed by atoms with Gasteiger partial charge in [-0.15, -0.1) is 0 Å². The smallest absolute Gasteiger partial charge is 0.475 e. The number of nitrogens with zero attached hydrogens (tertiary/aromatic N) is 1. The molecule has 0 saturated heterocycles. The van der Waals surface area contributed by atoms with Crippen molar-refractivity contribution in [3.05, 3.63) is 60.5 Å². The molecule has 12 heteroatoms. The van der Waals surface area contributed by atoms with Crippen molar-refractivity contribution in [2.75, 3.05) is 13.6 Å². The van der Waals surface area contributed by atoms with Gasteiger partial charge in [0, 0.05) is 24.1 Å². The summed E-state index contributed by atoms with van der Waals surface area (Å²) < 4.78 is 60.6. The first-order valence-electron chi connectivity index (χ1n) is 9.06. The summed E-state index contributed by atoms with van der Waals surface area (Å²) in [4.78, 5) is 13.6. The summed E-state index contributed by atoms with van der Waals surface area (Å²) in [5, 5.41) is 15.3. The third-order valence-corrected chi connectivity index (χ3v) is 4.92. The molecule has 0 amide bonds. The summed E-state index contributed by atoms with van der Waals surface area (Å²) in [5.74, 6) is -1.47. The predicted octanol–water partition coefficient (Wildman–Crippen LogP) is 3.05. The number of carboxylic acids is 1. The fraction of sp³-hybridized carbons (Fsp3) is 0.200. The molecule has 3 aromatic rings. The number of nitrogens with one attached hydrogen (secondary N) is 1.